The van der Waals surface area contributed by atoms with E-state index in [2.05, 4.69) is 0 Å². The van der Waals surface area contributed by atoms with Gasteiger partial charge < -0.3 is 10.5 Å². The molecule has 0 aromatic rings. The predicted molar refractivity (Wildman–Crippen MR) is 63.0 cm³/mol. The highest BCUT2D eigenvalue weighted by Crippen LogP contribution is 2.42. The van der Waals surface area contributed by atoms with Gasteiger partial charge in [0.2, 0.25) is 0 Å². The van der Waals surface area contributed by atoms with Gasteiger partial charge in [-0.2, -0.15) is 0 Å². The van der Waals surface area contributed by atoms with E-state index in [-0.39, 0.29) is 23.1 Å². The first-order valence-electron chi connectivity index (χ1n) is 6.10. The van der Waals surface area contributed by atoms with Crippen LogP contribution in [-0.2, 0) is 14.6 Å². The van der Waals surface area contributed by atoms with Crippen LogP contribution in [0.4, 0.5) is 0 Å². The summed E-state index contributed by atoms with van der Waals surface area (Å²) < 4.78 is 28.5. The highest BCUT2D eigenvalue weighted by Gasteiger charge is 2.49. The molecule has 2 rings (SSSR count). The summed E-state index contributed by atoms with van der Waals surface area (Å²) in [6.45, 7) is 1.69. The van der Waals surface area contributed by atoms with Gasteiger partial charge in [0.25, 0.3) is 0 Å². The number of sulfone groups is 1. The Morgan fingerprint density at radius 1 is 1.44 bits per heavy atom. The minimum absolute atomic E-state index is 0.168. The van der Waals surface area contributed by atoms with Crippen LogP contribution in [0, 0.1) is 0 Å². The molecule has 2 N–H and O–H groups in total. The summed E-state index contributed by atoms with van der Waals surface area (Å²) in [5.41, 5.74) is 6.04. The molecule has 3 atom stereocenters. The van der Waals surface area contributed by atoms with Crippen LogP contribution >= 0.6 is 0 Å². The van der Waals surface area contributed by atoms with Gasteiger partial charge in [-0.05, 0) is 32.1 Å². The molecule has 2 bridgehead atoms. The molecule has 2 saturated heterocycles. The molecule has 4 nitrogen and oxygen atoms in total. The Balaban J connectivity index is 1.82. The second-order valence-corrected chi connectivity index (χ2v) is 7.57. The van der Waals surface area contributed by atoms with E-state index >= 15 is 0 Å². The van der Waals surface area contributed by atoms with Crippen molar-refractivity contribution in [1.82, 2.24) is 0 Å². The van der Waals surface area contributed by atoms with E-state index in [0.29, 0.717) is 12.5 Å². The highest BCUT2D eigenvalue weighted by molar-refractivity contribution is 7.91. The lowest BCUT2D eigenvalue weighted by Crippen LogP contribution is -2.48. The topological polar surface area (TPSA) is 69.4 Å². The van der Waals surface area contributed by atoms with Gasteiger partial charge in [-0.1, -0.05) is 6.92 Å². The molecule has 0 aliphatic carbocycles. The van der Waals surface area contributed by atoms with Gasteiger partial charge in [0.05, 0.1) is 18.0 Å². The van der Waals surface area contributed by atoms with E-state index < -0.39 is 9.84 Å². The van der Waals surface area contributed by atoms with E-state index in [1.54, 1.807) is 6.92 Å². The van der Waals surface area contributed by atoms with Crippen molar-refractivity contribution in [2.75, 3.05) is 11.5 Å². The molecule has 0 amide bonds. The lowest BCUT2D eigenvalue weighted by atomic mass is 9.79. The van der Waals surface area contributed by atoms with Gasteiger partial charge in [-0.25, -0.2) is 8.42 Å². The lowest BCUT2D eigenvalue weighted by molar-refractivity contribution is 0.0837. The number of rotatable bonds is 5. The Kier molecular flexibility index (Phi) is 3.29. The normalized spacial score (nSPS) is 38.1. The maximum atomic E-state index is 11.4. The Morgan fingerprint density at radius 2 is 2.19 bits per heavy atom. The van der Waals surface area contributed by atoms with E-state index in [9.17, 15) is 8.42 Å². The van der Waals surface area contributed by atoms with Crippen molar-refractivity contribution in [2.45, 2.75) is 56.8 Å². The fraction of sp³-hybridized carbons (Fsp3) is 1.00. The summed E-state index contributed by atoms with van der Waals surface area (Å²) >= 11 is 0. The molecule has 2 heterocycles. The molecule has 0 radical (unpaired) electrons. The van der Waals surface area contributed by atoms with Crippen LogP contribution in [0.25, 0.3) is 0 Å². The van der Waals surface area contributed by atoms with Crippen molar-refractivity contribution >= 4 is 9.84 Å². The molecule has 0 aromatic heterocycles. The van der Waals surface area contributed by atoms with Crippen molar-refractivity contribution in [3.63, 3.8) is 0 Å². The third-order valence-corrected chi connectivity index (χ3v) is 5.68. The van der Waals surface area contributed by atoms with E-state index in [0.717, 1.165) is 25.7 Å². The van der Waals surface area contributed by atoms with Crippen LogP contribution in [0.5, 0.6) is 0 Å². The number of fused-ring (bicyclic) bond motifs is 2. The summed E-state index contributed by atoms with van der Waals surface area (Å²) in [7, 11) is -2.85. The van der Waals surface area contributed by atoms with Gasteiger partial charge >= 0.3 is 0 Å². The summed E-state index contributed by atoms with van der Waals surface area (Å²) in [6, 6.07) is 0. The fourth-order valence-corrected chi connectivity index (χ4v) is 3.74. The third kappa shape index (κ3) is 2.41. The summed E-state index contributed by atoms with van der Waals surface area (Å²) in [4.78, 5) is 0. The standard InChI is InChI=1S/C11H21NO3S/c1-2-16(13,14)7-3-6-11(12)8-9-4-5-10(11)15-9/h9-10H,2-8,12H2,1H3. The van der Waals surface area contributed by atoms with Crippen molar-refractivity contribution < 1.29 is 13.2 Å². The van der Waals surface area contributed by atoms with E-state index in [1.807, 2.05) is 0 Å². The Labute approximate surface area is 97.5 Å². The molecule has 3 unspecified atom stereocenters. The van der Waals surface area contributed by atoms with Gasteiger partial charge in [0.1, 0.15) is 9.84 Å². The Bertz CT molecular complexity index is 354. The zero-order valence-corrected chi connectivity index (χ0v) is 10.6. The second-order valence-electron chi connectivity index (χ2n) is 5.10. The molecule has 0 spiro atoms. The van der Waals surface area contributed by atoms with Crippen molar-refractivity contribution in [3.8, 4) is 0 Å². The highest BCUT2D eigenvalue weighted by atomic mass is 32.2. The summed E-state index contributed by atoms with van der Waals surface area (Å²) in [5.74, 6) is 0.493. The van der Waals surface area contributed by atoms with Gasteiger partial charge in [0.15, 0.2) is 0 Å². The molecule has 0 aromatic carbocycles. The predicted octanol–water partition coefficient (Wildman–Crippen LogP) is 0.850. The summed E-state index contributed by atoms with van der Waals surface area (Å²) in [6.07, 6.45) is 5.01. The number of hydrogen-bond acceptors (Lipinski definition) is 4. The molecule has 94 valence electrons. The van der Waals surface area contributed by atoms with Gasteiger partial charge in [-0.15, -0.1) is 0 Å². The monoisotopic (exact) mass is 247 g/mol. The van der Waals surface area contributed by atoms with Gasteiger partial charge in [0, 0.05) is 11.3 Å². The van der Waals surface area contributed by atoms with Crippen LogP contribution < -0.4 is 5.73 Å². The minimum atomic E-state index is -2.85. The number of nitrogens with two attached hydrogens (primary N) is 1. The maximum Gasteiger partial charge on any atom is 0.150 e. The first-order valence-corrected chi connectivity index (χ1v) is 7.92. The molecule has 0 saturated carbocycles. The van der Waals surface area contributed by atoms with Gasteiger partial charge in [-0.3, -0.25) is 0 Å². The molecular formula is C11H21NO3S. The molecule has 2 aliphatic rings. The fourth-order valence-electron chi connectivity index (χ4n) is 2.86. The number of ether oxygens (including phenoxy) is 1. The second kappa shape index (κ2) is 4.27. The molecule has 5 heteroatoms. The first-order chi connectivity index (χ1) is 7.45. The number of hydrogen-bond donors (Lipinski definition) is 1. The first kappa shape index (κ1) is 12.3. The zero-order chi connectivity index (χ0) is 11.8. The molecule has 2 fully saturated rings. The van der Waals surface area contributed by atoms with Crippen LogP contribution in [-0.4, -0.2) is 37.7 Å². The van der Waals surface area contributed by atoms with Crippen LogP contribution in [0.1, 0.15) is 39.0 Å². The average Bonchev–Trinajstić information content (AvgIpc) is 2.77. The van der Waals surface area contributed by atoms with E-state index in [1.165, 1.54) is 0 Å². The molecule has 2 aliphatic heterocycles. The zero-order valence-electron chi connectivity index (χ0n) is 9.81. The quantitative estimate of drug-likeness (QED) is 0.782. The average molecular weight is 247 g/mol. The smallest absolute Gasteiger partial charge is 0.150 e. The van der Waals surface area contributed by atoms with Crippen LogP contribution in [0.3, 0.4) is 0 Å². The Morgan fingerprint density at radius 3 is 2.69 bits per heavy atom. The third-order valence-electron chi connectivity index (χ3n) is 3.89. The lowest BCUT2D eigenvalue weighted by Gasteiger charge is -2.31. The van der Waals surface area contributed by atoms with Crippen LogP contribution in [0.15, 0.2) is 0 Å². The van der Waals surface area contributed by atoms with Crippen molar-refractivity contribution in [3.05, 3.63) is 0 Å². The minimum Gasteiger partial charge on any atom is -0.373 e. The van der Waals surface area contributed by atoms with Crippen molar-refractivity contribution in [1.29, 1.82) is 0 Å². The van der Waals surface area contributed by atoms with E-state index in [4.69, 9.17) is 10.5 Å². The Hall–Kier alpha value is -0.130. The molecule has 16 heavy (non-hydrogen) atoms. The van der Waals surface area contributed by atoms with Crippen LogP contribution in [0.2, 0.25) is 0 Å². The summed E-state index contributed by atoms with van der Waals surface area (Å²) in [5, 5.41) is 0. The molecular weight excluding hydrogens is 226 g/mol. The largest absolute Gasteiger partial charge is 0.373 e. The van der Waals surface area contributed by atoms with Crippen molar-refractivity contribution in [2.24, 2.45) is 5.73 Å². The maximum absolute atomic E-state index is 11.4. The SMILES string of the molecule is CCS(=O)(=O)CCCC1(N)CC2CCC1O2.